The van der Waals surface area contributed by atoms with Gasteiger partial charge in [-0.3, -0.25) is 4.79 Å². The van der Waals surface area contributed by atoms with Crippen molar-refractivity contribution >= 4 is 5.97 Å². The Kier molecular flexibility index (Phi) is 3.45. The van der Waals surface area contributed by atoms with Gasteiger partial charge in [0.1, 0.15) is 11.8 Å². The largest absolute Gasteiger partial charge is 0.481 e. The zero-order valence-electron chi connectivity index (χ0n) is 7.75. The summed E-state index contributed by atoms with van der Waals surface area (Å²) in [6.45, 7) is 0. The van der Waals surface area contributed by atoms with Crippen LogP contribution < -0.4 is 0 Å². The number of hydrogen-bond donors (Lipinski definition) is 1. The van der Waals surface area contributed by atoms with E-state index in [1.54, 1.807) is 0 Å². The Morgan fingerprint density at radius 2 is 2.25 bits per heavy atom. The second kappa shape index (κ2) is 4.61. The van der Waals surface area contributed by atoms with Crippen LogP contribution in [0.3, 0.4) is 0 Å². The number of carbonyl (C=O) groups is 1. The van der Waals surface area contributed by atoms with Crippen LogP contribution in [0, 0.1) is 17.3 Å². The molecule has 0 aliphatic rings. The molecule has 0 saturated heterocycles. The molecule has 0 spiro atoms. The van der Waals surface area contributed by atoms with Gasteiger partial charge in [-0.15, -0.1) is 0 Å². The fraction of sp³-hybridized carbons (Fsp3) is 0.222. The molecule has 0 bridgehead atoms. The number of aromatic nitrogens is 1. The number of halogens is 3. The first-order valence-electron chi connectivity index (χ1n) is 4.05. The second-order valence-electron chi connectivity index (χ2n) is 2.85. The lowest BCUT2D eigenvalue weighted by atomic mass is 10.1. The van der Waals surface area contributed by atoms with Crippen molar-refractivity contribution in [3.8, 4) is 6.07 Å². The molecule has 1 N–H and O–H groups in total. The van der Waals surface area contributed by atoms with E-state index in [2.05, 4.69) is 4.98 Å². The highest BCUT2D eigenvalue weighted by atomic mass is 19.3. The molecule has 0 unspecified atom stereocenters. The minimum Gasteiger partial charge on any atom is -0.481 e. The Morgan fingerprint density at radius 1 is 1.62 bits per heavy atom. The molecular formula is C9H5F3N2O2. The van der Waals surface area contributed by atoms with Crippen LogP contribution in [0.4, 0.5) is 13.2 Å². The Bertz CT molecular complexity index is 469. The zero-order chi connectivity index (χ0) is 12.3. The third-order valence-corrected chi connectivity index (χ3v) is 1.77. The molecule has 0 radical (unpaired) electrons. The molecule has 0 aromatic carbocycles. The van der Waals surface area contributed by atoms with Gasteiger partial charge in [0.25, 0.3) is 6.43 Å². The van der Waals surface area contributed by atoms with E-state index in [4.69, 9.17) is 10.4 Å². The van der Waals surface area contributed by atoms with Crippen LogP contribution in [0.25, 0.3) is 0 Å². The molecular weight excluding hydrogens is 225 g/mol. The van der Waals surface area contributed by atoms with Crippen LogP contribution in [0.5, 0.6) is 0 Å². The normalized spacial score (nSPS) is 10.2. The van der Waals surface area contributed by atoms with Crippen molar-refractivity contribution in [3.63, 3.8) is 0 Å². The van der Waals surface area contributed by atoms with Crippen molar-refractivity contribution in [2.24, 2.45) is 0 Å². The second-order valence-corrected chi connectivity index (χ2v) is 2.85. The summed E-state index contributed by atoms with van der Waals surface area (Å²) in [4.78, 5) is 13.4. The minimum absolute atomic E-state index is 0.432. The predicted molar refractivity (Wildman–Crippen MR) is 45.2 cm³/mol. The molecule has 0 atom stereocenters. The summed E-state index contributed by atoms with van der Waals surface area (Å²) in [6, 6.07) is 2.30. The average molecular weight is 230 g/mol. The van der Waals surface area contributed by atoms with Gasteiger partial charge in [0.05, 0.1) is 12.0 Å². The number of aliphatic carboxylic acids is 1. The first-order valence-corrected chi connectivity index (χ1v) is 4.05. The third-order valence-electron chi connectivity index (χ3n) is 1.77. The van der Waals surface area contributed by atoms with Gasteiger partial charge < -0.3 is 5.11 Å². The van der Waals surface area contributed by atoms with Crippen molar-refractivity contribution in [1.29, 1.82) is 5.26 Å². The molecule has 1 aromatic heterocycles. The molecule has 1 aromatic rings. The van der Waals surface area contributed by atoms with Crippen molar-refractivity contribution < 1.29 is 23.1 Å². The maximum Gasteiger partial charge on any atom is 0.307 e. The molecule has 0 amide bonds. The number of nitriles is 1. The third kappa shape index (κ3) is 2.48. The van der Waals surface area contributed by atoms with Crippen LogP contribution in [0.1, 0.15) is 23.2 Å². The van der Waals surface area contributed by atoms with Crippen LogP contribution in [0.2, 0.25) is 0 Å². The molecule has 7 heteroatoms. The van der Waals surface area contributed by atoms with Crippen LogP contribution in [-0.2, 0) is 11.2 Å². The Morgan fingerprint density at radius 3 is 2.69 bits per heavy atom. The summed E-state index contributed by atoms with van der Waals surface area (Å²) in [7, 11) is 0. The van der Waals surface area contributed by atoms with Crippen molar-refractivity contribution in [2.75, 3.05) is 0 Å². The lowest BCUT2D eigenvalue weighted by molar-refractivity contribution is -0.136. The van der Waals surface area contributed by atoms with Gasteiger partial charge in [-0.05, 0) is 11.6 Å². The summed E-state index contributed by atoms with van der Waals surface area (Å²) in [5, 5.41) is 16.9. The maximum atomic E-state index is 13.1. The van der Waals surface area contributed by atoms with Crippen LogP contribution >= 0.6 is 0 Å². The molecule has 16 heavy (non-hydrogen) atoms. The number of nitrogens with zero attached hydrogens (tertiary/aromatic N) is 2. The minimum atomic E-state index is -3.17. The Balaban J connectivity index is 3.35. The van der Waals surface area contributed by atoms with Gasteiger partial charge in [-0.25, -0.2) is 13.8 Å². The van der Waals surface area contributed by atoms with Crippen molar-refractivity contribution in [3.05, 3.63) is 28.8 Å². The van der Waals surface area contributed by atoms with Crippen molar-refractivity contribution in [2.45, 2.75) is 12.8 Å². The maximum absolute atomic E-state index is 13.1. The van der Waals surface area contributed by atoms with E-state index in [1.807, 2.05) is 0 Å². The lowest BCUT2D eigenvalue weighted by Gasteiger charge is -2.07. The highest BCUT2D eigenvalue weighted by molar-refractivity contribution is 5.71. The van der Waals surface area contributed by atoms with E-state index < -0.39 is 41.6 Å². The highest BCUT2D eigenvalue weighted by Gasteiger charge is 2.22. The van der Waals surface area contributed by atoms with Gasteiger partial charge in [0.2, 0.25) is 5.95 Å². The number of alkyl halides is 2. The summed E-state index contributed by atoms with van der Waals surface area (Å²) in [5.74, 6) is -2.90. The van der Waals surface area contributed by atoms with Gasteiger partial charge in [-0.1, -0.05) is 0 Å². The summed E-state index contributed by atoms with van der Waals surface area (Å²) >= 11 is 0. The molecule has 4 nitrogen and oxygen atoms in total. The average Bonchev–Trinajstić information content (AvgIpc) is 2.14. The van der Waals surface area contributed by atoms with E-state index in [-0.39, 0.29) is 0 Å². The molecule has 0 aliphatic heterocycles. The van der Waals surface area contributed by atoms with Gasteiger partial charge >= 0.3 is 5.97 Å². The van der Waals surface area contributed by atoms with Crippen LogP contribution in [0.15, 0.2) is 6.07 Å². The molecule has 0 aliphatic carbocycles. The van der Waals surface area contributed by atoms with Crippen LogP contribution in [-0.4, -0.2) is 16.1 Å². The van der Waals surface area contributed by atoms with E-state index in [1.165, 1.54) is 6.07 Å². The summed E-state index contributed by atoms with van der Waals surface area (Å²) in [5.41, 5.74) is -1.94. The lowest BCUT2D eigenvalue weighted by Crippen LogP contribution is -2.08. The first kappa shape index (κ1) is 12.0. The number of rotatable bonds is 3. The Labute approximate surface area is 88.0 Å². The highest BCUT2D eigenvalue weighted by Crippen LogP contribution is 2.26. The van der Waals surface area contributed by atoms with E-state index >= 15 is 0 Å². The smallest absolute Gasteiger partial charge is 0.307 e. The number of hydrogen-bond acceptors (Lipinski definition) is 3. The van der Waals surface area contributed by atoms with E-state index in [0.29, 0.717) is 0 Å². The Hall–Kier alpha value is -2.10. The van der Waals surface area contributed by atoms with E-state index in [0.717, 1.165) is 6.07 Å². The van der Waals surface area contributed by atoms with Gasteiger partial charge in [-0.2, -0.15) is 9.65 Å². The predicted octanol–water partition coefficient (Wildman–Crippen LogP) is 1.66. The zero-order valence-corrected chi connectivity index (χ0v) is 7.75. The topological polar surface area (TPSA) is 74.0 Å². The van der Waals surface area contributed by atoms with Crippen molar-refractivity contribution in [1.82, 2.24) is 4.98 Å². The fourth-order valence-electron chi connectivity index (χ4n) is 1.17. The first-order chi connectivity index (χ1) is 7.45. The van der Waals surface area contributed by atoms with Gasteiger partial charge in [0, 0.05) is 0 Å². The standard InChI is InChI=1S/C9H5F3N2O2/c10-8(11)7-4(2-6(15)16)1-5(3-13)14-9(7)12/h1,8H,2H2,(H,15,16). The number of carboxylic acid groups (broad SMARTS) is 1. The van der Waals surface area contributed by atoms with E-state index in [9.17, 15) is 18.0 Å². The molecule has 84 valence electrons. The van der Waals surface area contributed by atoms with Gasteiger partial charge in [0.15, 0.2) is 0 Å². The molecule has 1 heterocycles. The SMILES string of the molecule is N#Cc1cc(CC(=O)O)c(C(F)F)c(F)n1. The quantitative estimate of drug-likeness (QED) is 0.801. The number of pyridine rings is 1. The molecule has 1 rings (SSSR count). The summed E-state index contributed by atoms with van der Waals surface area (Å²) in [6.07, 6.45) is -3.96. The summed E-state index contributed by atoms with van der Waals surface area (Å²) < 4.78 is 37.9. The monoisotopic (exact) mass is 230 g/mol. The fourth-order valence-corrected chi connectivity index (χ4v) is 1.17. The molecule has 0 fully saturated rings. The molecule has 0 saturated carbocycles. The number of carboxylic acids is 1.